The van der Waals surface area contributed by atoms with Crippen LogP contribution in [0.4, 0.5) is 5.69 Å². The second-order valence-electron chi connectivity index (χ2n) is 5.67. The Bertz CT molecular complexity index is 639. The number of hydrogen-bond donors (Lipinski definition) is 1. The van der Waals surface area contributed by atoms with E-state index in [1.54, 1.807) is 0 Å². The van der Waals surface area contributed by atoms with Gasteiger partial charge in [-0.15, -0.1) is 0 Å². The topological polar surface area (TPSA) is 46.3 Å². The fourth-order valence-electron chi connectivity index (χ4n) is 3.36. The monoisotopic (exact) mass is 280 g/mol. The van der Waals surface area contributed by atoms with Gasteiger partial charge in [0.05, 0.1) is 5.92 Å². The van der Waals surface area contributed by atoms with Gasteiger partial charge < -0.3 is 10.6 Å². The number of para-hydroxylation sites is 1. The molecule has 2 atom stereocenters. The average molecular weight is 280 g/mol. The molecule has 1 aliphatic rings. The minimum atomic E-state index is -0.263. The maximum Gasteiger partial charge on any atom is 0.225 e. The van der Waals surface area contributed by atoms with E-state index in [0.717, 1.165) is 18.5 Å². The Balaban J connectivity index is 2.06. The smallest absolute Gasteiger partial charge is 0.225 e. The Labute approximate surface area is 125 Å². The van der Waals surface area contributed by atoms with Crippen molar-refractivity contribution in [1.29, 1.82) is 0 Å². The Morgan fingerprint density at radius 2 is 1.81 bits per heavy atom. The summed E-state index contributed by atoms with van der Waals surface area (Å²) < 4.78 is 0. The molecule has 2 N–H and O–H groups in total. The number of benzene rings is 2. The van der Waals surface area contributed by atoms with Crippen molar-refractivity contribution in [2.45, 2.75) is 18.3 Å². The third kappa shape index (κ3) is 2.51. The van der Waals surface area contributed by atoms with Crippen LogP contribution in [0.15, 0.2) is 54.6 Å². The minimum Gasteiger partial charge on any atom is -0.374 e. The summed E-state index contributed by atoms with van der Waals surface area (Å²) in [6, 6.07) is 18.2. The number of fused-ring (bicyclic) bond motifs is 1. The molecule has 3 nitrogen and oxygen atoms in total. The predicted molar refractivity (Wildman–Crippen MR) is 85.4 cm³/mol. The summed E-state index contributed by atoms with van der Waals surface area (Å²) in [4.78, 5) is 14.3. The summed E-state index contributed by atoms with van der Waals surface area (Å²) in [5, 5.41) is 0. The van der Waals surface area contributed by atoms with Crippen molar-refractivity contribution in [3.8, 4) is 0 Å². The summed E-state index contributed by atoms with van der Waals surface area (Å²) in [5.41, 5.74) is 9.17. The van der Waals surface area contributed by atoms with Gasteiger partial charge in [-0.2, -0.15) is 0 Å². The molecule has 0 bridgehead atoms. The molecule has 0 spiro atoms. The molecule has 0 saturated heterocycles. The van der Waals surface area contributed by atoms with Gasteiger partial charge in [-0.1, -0.05) is 48.5 Å². The molecule has 0 fully saturated rings. The van der Waals surface area contributed by atoms with Crippen molar-refractivity contribution in [2.75, 3.05) is 18.5 Å². The van der Waals surface area contributed by atoms with Crippen molar-refractivity contribution in [2.24, 2.45) is 5.73 Å². The standard InChI is InChI=1S/C18H20N2O/c1-20-12-11-15(14-9-5-6-10-16(14)20)17(18(19)21)13-7-3-2-4-8-13/h2-10,15,17H,11-12H2,1H3,(H2,19,21). The summed E-state index contributed by atoms with van der Waals surface area (Å²) >= 11 is 0. The van der Waals surface area contributed by atoms with Gasteiger partial charge in [-0.05, 0) is 23.6 Å². The molecule has 2 unspecified atom stereocenters. The number of hydrogen-bond acceptors (Lipinski definition) is 2. The van der Waals surface area contributed by atoms with Crippen molar-refractivity contribution in [3.63, 3.8) is 0 Å². The fraction of sp³-hybridized carbons (Fsp3) is 0.278. The van der Waals surface area contributed by atoms with E-state index >= 15 is 0 Å². The number of carbonyl (C=O) groups is 1. The first kappa shape index (κ1) is 13.7. The van der Waals surface area contributed by atoms with Gasteiger partial charge in [0, 0.05) is 25.2 Å². The number of nitrogens with zero attached hydrogens (tertiary/aromatic N) is 1. The van der Waals surface area contributed by atoms with Gasteiger partial charge in [-0.25, -0.2) is 0 Å². The molecular formula is C18H20N2O. The molecule has 0 aromatic heterocycles. The Morgan fingerprint density at radius 3 is 2.52 bits per heavy atom. The lowest BCUT2D eigenvalue weighted by atomic mass is 9.76. The first-order valence-corrected chi connectivity index (χ1v) is 7.33. The Hall–Kier alpha value is -2.29. The average Bonchev–Trinajstić information content (AvgIpc) is 2.51. The zero-order valence-corrected chi connectivity index (χ0v) is 12.2. The van der Waals surface area contributed by atoms with Crippen LogP contribution in [0.3, 0.4) is 0 Å². The lowest BCUT2D eigenvalue weighted by Gasteiger charge is -2.36. The molecule has 2 aromatic carbocycles. The molecule has 1 amide bonds. The highest BCUT2D eigenvalue weighted by atomic mass is 16.1. The van der Waals surface area contributed by atoms with Crippen molar-refractivity contribution in [3.05, 3.63) is 65.7 Å². The highest BCUT2D eigenvalue weighted by molar-refractivity contribution is 5.84. The van der Waals surface area contributed by atoms with Crippen molar-refractivity contribution in [1.82, 2.24) is 0 Å². The first-order valence-electron chi connectivity index (χ1n) is 7.33. The van der Waals surface area contributed by atoms with Crippen molar-refractivity contribution < 1.29 is 4.79 Å². The van der Waals surface area contributed by atoms with Gasteiger partial charge in [0.2, 0.25) is 5.91 Å². The van der Waals surface area contributed by atoms with Crippen LogP contribution in [0.25, 0.3) is 0 Å². The highest BCUT2D eigenvalue weighted by Gasteiger charge is 2.33. The van der Waals surface area contributed by atoms with Crippen LogP contribution in [0.1, 0.15) is 29.4 Å². The molecule has 0 aliphatic carbocycles. The fourth-order valence-corrected chi connectivity index (χ4v) is 3.36. The summed E-state index contributed by atoms with van der Waals surface area (Å²) in [5.74, 6) is -0.357. The second kappa shape index (κ2) is 5.60. The lowest BCUT2D eigenvalue weighted by molar-refractivity contribution is -0.120. The summed E-state index contributed by atoms with van der Waals surface area (Å²) in [6.07, 6.45) is 0.940. The summed E-state index contributed by atoms with van der Waals surface area (Å²) in [6.45, 7) is 0.943. The first-order chi connectivity index (χ1) is 10.2. The molecular weight excluding hydrogens is 260 g/mol. The van der Waals surface area contributed by atoms with E-state index in [1.165, 1.54) is 11.3 Å². The van der Waals surface area contributed by atoms with Gasteiger partial charge in [0.1, 0.15) is 0 Å². The van der Waals surface area contributed by atoms with E-state index in [2.05, 4.69) is 24.1 Å². The Morgan fingerprint density at radius 1 is 1.14 bits per heavy atom. The van der Waals surface area contributed by atoms with E-state index in [0.29, 0.717) is 0 Å². The van der Waals surface area contributed by atoms with Crippen LogP contribution in [0, 0.1) is 0 Å². The molecule has 0 saturated carbocycles. The number of rotatable bonds is 3. The third-order valence-electron chi connectivity index (χ3n) is 4.39. The second-order valence-corrected chi connectivity index (χ2v) is 5.67. The minimum absolute atomic E-state index is 0.150. The van der Waals surface area contributed by atoms with Crippen molar-refractivity contribution >= 4 is 11.6 Å². The third-order valence-corrected chi connectivity index (χ3v) is 4.39. The zero-order chi connectivity index (χ0) is 14.8. The maximum absolute atomic E-state index is 12.1. The van der Waals surface area contributed by atoms with Crippen LogP contribution < -0.4 is 10.6 Å². The summed E-state index contributed by atoms with van der Waals surface area (Å²) in [7, 11) is 2.09. The molecule has 1 aliphatic heterocycles. The van der Waals surface area contributed by atoms with Gasteiger partial charge in [0.15, 0.2) is 0 Å². The lowest BCUT2D eigenvalue weighted by Crippen LogP contribution is -2.34. The maximum atomic E-state index is 12.1. The number of primary amides is 1. The molecule has 3 heteroatoms. The molecule has 108 valence electrons. The largest absolute Gasteiger partial charge is 0.374 e. The van der Waals surface area contributed by atoms with E-state index in [9.17, 15) is 4.79 Å². The molecule has 3 rings (SSSR count). The van der Waals surface area contributed by atoms with E-state index in [-0.39, 0.29) is 17.7 Å². The quantitative estimate of drug-likeness (QED) is 0.939. The van der Waals surface area contributed by atoms with E-state index in [4.69, 9.17) is 5.73 Å². The Kier molecular flexibility index (Phi) is 3.65. The highest BCUT2D eigenvalue weighted by Crippen LogP contribution is 2.42. The molecule has 0 radical (unpaired) electrons. The number of carbonyl (C=O) groups excluding carboxylic acids is 1. The zero-order valence-electron chi connectivity index (χ0n) is 12.2. The number of nitrogens with two attached hydrogens (primary N) is 1. The van der Waals surface area contributed by atoms with Gasteiger partial charge in [0.25, 0.3) is 0 Å². The molecule has 21 heavy (non-hydrogen) atoms. The van der Waals surface area contributed by atoms with Crippen LogP contribution in [0.5, 0.6) is 0 Å². The number of amides is 1. The van der Waals surface area contributed by atoms with Crippen LogP contribution in [-0.2, 0) is 4.79 Å². The normalized spacial score (nSPS) is 18.9. The predicted octanol–water partition coefficient (Wildman–Crippen LogP) is 2.88. The van der Waals surface area contributed by atoms with E-state index < -0.39 is 0 Å². The van der Waals surface area contributed by atoms with Crippen LogP contribution in [-0.4, -0.2) is 19.5 Å². The van der Waals surface area contributed by atoms with Crippen LogP contribution in [0.2, 0.25) is 0 Å². The van der Waals surface area contributed by atoms with Gasteiger partial charge in [-0.3, -0.25) is 4.79 Å². The molecule has 2 aromatic rings. The SMILES string of the molecule is CN1CCC(C(C(N)=O)c2ccccc2)c2ccccc21. The van der Waals surface area contributed by atoms with E-state index in [1.807, 2.05) is 42.5 Å². The number of anilines is 1. The van der Waals surface area contributed by atoms with Gasteiger partial charge >= 0.3 is 0 Å². The van der Waals surface area contributed by atoms with Crippen LogP contribution >= 0.6 is 0 Å². The molecule has 1 heterocycles.